The van der Waals surface area contributed by atoms with Gasteiger partial charge in [-0.2, -0.15) is 0 Å². The van der Waals surface area contributed by atoms with Crippen molar-refractivity contribution < 1.29 is 13.2 Å². The molecule has 0 unspecified atom stereocenters. The molecule has 0 aliphatic heterocycles. The maximum Gasteiger partial charge on any atom is 0.151 e. The summed E-state index contributed by atoms with van der Waals surface area (Å²) < 4.78 is 28.6. The summed E-state index contributed by atoms with van der Waals surface area (Å²) in [5.74, 6) is 0.0342. The van der Waals surface area contributed by atoms with Gasteiger partial charge in [0.2, 0.25) is 0 Å². The molecule has 124 valence electrons. The molecule has 0 saturated heterocycles. The molecule has 23 heavy (non-hydrogen) atoms. The zero-order chi connectivity index (χ0) is 16.7. The van der Waals surface area contributed by atoms with Crippen LogP contribution < -0.4 is 5.32 Å². The molecule has 1 N–H and O–H groups in total. The Morgan fingerprint density at radius 2 is 1.70 bits per heavy atom. The van der Waals surface area contributed by atoms with Crippen LogP contribution in [0.2, 0.25) is 0 Å². The van der Waals surface area contributed by atoms with E-state index < -0.39 is 9.84 Å². The molecule has 0 radical (unpaired) electrons. The number of anilines is 1. The number of nitrogens with one attached hydrogen (secondary N) is 1. The molecular formula is C18H23NO3S. The van der Waals surface area contributed by atoms with Crippen molar-refractivity contribution in [1.82, 2.24) is 0 Å². The molecule has 0 aliphatic carbocycles. The van der Waals surface area contributed by atoms with Gasteiger partial charge in [-0.25, -0.2) is 8.42 Å². The molecule has 0 fully saturated rings. The Balaban J connectivity index is 2.01. The number of methoxy groups -OCH3 is 1. The maximum absolute atomic E-state index is 11.5. The van der Waals surface area contributed by atoms with Crippen molar-refractivity contribution in [3.8, 4) is 0 Å². The zero-order valence-electron chi connectivity index (χ0n) is 13.5. The third kappa shape index (κ3) is 6.04. The number of hydrogen-bond acceptors (Lipinski definition) is 4. The minimum Gasteiger partial charge on any atom is -0.382 e. The second-order valence-corrected chi connectivity index (χ2v) is 7.80. The summed E-state index contributed by atoms with van der Waals surface area (Å²) in [6.45, 7) is 0.617. The standard InChI is InChI=1S/C18H23NO3S/c1-22-17(12-15-8-4-3-5-9-15)13-19-18-11-7-6-10-16(18)14-23(2,20)21/h3-11,17,19H,12-14H2,1-2H3/t17-/m0/s1. The van der Waals surface area contributed by atoms with E-state index >= 15 is 0 Å². The summed E-state index contributed by atoms with van der Waals surface area (Å²) in [7, 11) is -1.37. The molecule has 0 aliphatic rings. The average Bonchev–Trinajstić information content (AvgIpc) is 2.52. The van der Waals surface area contributed by atoms with Crippen molar-refractivity contribution in [2.75, 3.05) is 25.2 Å². The highest BCUT2D eigenvalue weighted by Crippen LogP contribution is 2.18. The Bertz CT molecular complexity index is 714. The van der Waals surface area contributed by atoms with Crippen LogP contribution in [0.5, 0.6) is 0 Å². The maximum atomic E-state index is 11.5. The number of rotatable bonds is 8. The zero-order valence-corrected chi connectivity index (χ0v) is 14.3. The van der Waals surface area contributed by atoms with Gasteiger partial charge in [0.25, 0.3) is 0 Å². The normalized spacial score (nSPS) is 12.8. The minimum absolute atomic E-state index is 0.0173. The molecule has 0 aromatic heterocycles. The second-order valence-electron chi connectivity index (χ2n) is 5.66. The van der Waals surface area contributed by atoms with Gasteiger partial charge in [0.05, 0.1) is 11.9 Å². The lowest BCUT2D eigenvalue weighted by Crippen LogP contribution is -2.25. The average molecular weight is 333 g/mol. The summed E-state index contributed by atoms with van der Waals surface area (Å²) in [6.07, 6.45) is 2.07. The van der Waals surface area contributed by atoms with Gasteiger partial charge in [-0.05, 0) is 17.2 Å². The van der Waals surface area contributed by atoms with Crippen molar-refractivity contribution in [3.05, 3.63) is 65.7 Å². The second kappa shape index (κ2) is 8.13. The predicted molar refractivity (Wildman–Crippen MR) is 94.4 cm³/mol. The van der Waals surface area contributed by atoms with Crippen LogP contribution in [0.3, 0.4) is 0 Å². The summed E-state index contributed by atoms with van der Waals surface area (Å²) in [5.41, 5.74) is 2.84. The molecule has 2 aromatic carbocycles. The molecule has 0 bridgehead atoms. The molecular weight excluding hydrogens is 310 g/mol. The third-order valence-corrected chi connectivity index (χ3v) is 4.43. The number of hydrogen-bond donors (Lipinski definition) is 1. The topological polar surface area (TPSA) is 55.4 Å². The molecule has 0 amide bonds. The van der Waals surface area contributed by atoms with Gasteiger partial charge in [0, 0.05) is 32.0 Å². The predicted octanol–water partition coefficient (Wildman–Crippen LogP) is 2.90. The Kier molecular flexibility index (Phi) is 6.19. The van der Waals surface area contributed by atoms with E-state index in [-0.39, 0.29) is 11.9 Å². The van der Waals surface area contributed by atoms with E-state index in [4.69, 9.17) is 4.74 Å². The van der Waals surface area contributed by atoms with Crippen LogP contribution in [0.25, 0.3) is 0 Å². The van der Waals surface area contributed by atoms with Crippen molar-refractivity contribution >= 4 is 15.5 Å². The van der Waals surface area contributed by atoms with Crippen LogP contribution in [0, 0.1) is 0 Å². The van der Waals surface area contributed by atoms with E-state index in [0.717, 1.165) is 17.7 Å². The largest absolute Gasteiger partial charge is 0.382 e. The van der Waals surface area contributed by atoms with Gasteiger partial charge in [-0.3, -0.25) is 0 Å². The number of sulfone groups is 1. The molecule has 0 heterocycles. The van der Waals surface area contributed by atoms with Crippen molar-refractivity contribution in [2.45, 2.75) is 18.3 Å². The Hall–Kier alpha value is -1.85. The minimum atomic E-state index is -3.06. The van der Waals surface area contributed by atoms with Crippen LogP contribution in [-0.4, -0.2) is 34.4 Å². The van der Waals surface area contributed by atoms with Gasteiger partial charge < -0.3 is 10.1 Å². The quantitative estimate of drug-likeness (QED) is 0.807. The van der Waals surface area contributed by atoms with Crippen molar-refractivity contribution in [1.29, 1.82) is 0 Å². The highest BCUT2D eigenvalue weighted by molar-refractivity contribution is 7.89. The Morgan fingerprint density at radius 3 is 2.35 bits per heavy atom. The van der Waals surface area contributed by atoms with E-state index in [1.165, 1.54) is 11.8 Å². The van der Waals surface area contributed by atoms with E-state index in [1.54, 1.807) is 7.11 Å². The number of ether oxygens (including phenoxy) is 1. The fourth-order valence-electron chi connectivity index (χ4n) is 2.44. The highest BCUT2D eigenvalue weighted by atomic mass is 32.2. The first-order valence-electron chi connectivity index (χ1n) is 7.54. The van der Waals surface area contributed by atoms with Crippen molar-refractivity contribution in [2.24, 2.45) is 0 Å². The van der Waals surface area contributed by atoms with Gasteiger partial charge in [0.1, 0.15) is 0 Å². The lowest BCUT2D eigenvalue weighted by molar-refractivity contribution is 0.113. The highest BCUT2D eigenvalue weighted by Gasteiger charge is 2.12. The fourth-order valence-corrected chi connectivity index (χ4v) is 3.26. The van der Waals surface area contributed by atoms with E-state index in [0.29, 0.717) is 6.54 Å². The lowest BCUT2D eigenvalue weighted by atomic mass is 10.1. The van der Waals surface area contributed by atoms with Crippen molar-refractivity contribution in [3.63, 3.8) is 0 Å². The van der Waals surface area contributed by atoms with Gasteiger partial charge in [-0.1, -0.05) is 48.5 Å². The molecule has 2 aromatic rings. The number of para-hydroxylation sites is 1. The molecule has 1 atom stereocenters. The smallest absolute Gasteiger partial charge is 0.151 e. The summed E-state index contributed by atoms with van der Waals surface area (Å²) >= 11 is 0. The Morgan fingerprint density at radius 1 is 1.04 bits per heavy atom. The SMILES string of the molecule is CO[C@H](CNc1ccccc1CS(C)(=O)=O)Cc1ccccc1. The summed E-state index contributed by atoms with van der Waals surface area (Å²) in [6, 6.07) is 17.6. The van der Waals surface area contributed by atoms with Crippen LogP contribution in [-0.2, 0) is 26.7 Å². The molecule has 4 nitrogen and oxygen atoms in total. The molecule has 0 saturated carbocycles. The first-order valence-corrected chi connectivity index (χ1v) is 9.60. The first kappa shape index (κ1) is 17.5. The third-order valence-electron chi connectivity index (χ3n) is 3.59. The molecule has 2 rings (SSSR count). The molecule has 5 heteroatoms. The van der Waals surface area contributed by atoms with Gasteiger partial charge in [0.15, 0.2) is 9.84 Å². The van der Waals surface area contributed by atoms with Gasteiger partial charge in [-0.15, -0.1) is 0 Å². The van der Waals surface area contributed by atoms with E-state index in [9.17, 15) is 8.42 Å². The van der Waals surface area contributed by atoms with Crippen LogP contribution >= 0.6 is 0 Å². The van der Waals surface area contributed by atoms with Gasteiger partial charge >= 0.3 is 0 Å². The lowest BCUT2D eigenvalue weighted by Gasteiger charge is -2.18. The first-order chi connectivity index (χ1) is 11.0. The van der Waals surface area contributed by atoms with Crippen LogP contribution in [0.4, 0.5) is 5.69 Å². The fraction of sp³-hybridized carbons (Fsp3) is 0.333. The number of benzene rings is 2. The summed E-state index contributed by atoms with van der Waals surface area (Å²) in [5, 5.41) is 3.32. The van der Waals surface area contributed by atoms with E-state index in [1.807, 2.05) is 42.5 Å². The Labute approximate surface area is 138 Å². The van der Waals surface area contributed by atoms with E-state index in [2.05, 4.69) is 17.4 Å². The van der Waals surface area contributed by atoms with Crippen LogP contribution in [0.15, 0.2) is 54.6 Å². The molecule has 0 spiro atoms. The summed E-state index contributed by atoms with van der Waals surface area (Å²) in [4.78, 5) is 0. The van der Waals surface area contributed by atoms with Crippen LogP contribution in [0.1, 0.15) is 11.1 Å². The monoisotopic (exact) mass is 333 g/mol.